The van der Waals surface area contributed by atoms with Crippen LogP contribution in [0.1, 0.15) is 0 Å². The van der Waals surface area contributed by atoms with E-state index in [1.807, 2.05) is 0 Å². The zero-order valence-corrected chi connectivity index (χ0v) is 19.2. The van der Waals surface area contributed by atoms with Gasteiger partial charge in [-0.25, -0.2) is 4.98 Å². The molecule has 3 heteroatoms. The van der Waals surface area contributed by atoms with E-state index in [0.29, 0.717) is 0 Å². The van der Waals surface area contributed by atoms with Gasteiger partial charge in [-0.2, -0.15) is 0 Å². The second kappa shape index (κ2) is 8.94. The summed E-state index contributed by atoms with van der Waals surface area (Å²) < 4.78 is 0. The number of nitrogens with zero attached hydrogens (tertiary/aromatic N) is 2. The first kappa shape index (κ1) is 20.4. The van der Waals surface area contributed by atoms with E-state index in [0.717, 1.165) is 16.8 Å². The van der Waals surface area contributed by atoms with Crippen LogP contribution in [0.25, 0.3) is 22.2 Å². The summed E-state index contributed by atoms with van der Waals surface area (Å²) in [4.78, 5) is 7.40. The fourth-order valence-corrected chi connectivity index (χ4v) is 6.54. The lowest BCUT2D eigenvalue weighted by molar-refractivity contribution is 1.13. The van der Waals surface area contributed by atoms with E-state index in [1.54, 1.807) is 0 Å². The minimum atomic E-state index is -0.720. The molecule has 0 saturated carbocycles. The highest BCUT2D eigenvalue weighted by Crippen LogP contribution is 2.36. The van der Waals surface area contributed by atoms with Crippen LogP contribution >= 0.6 is 7.92 Å². The van der Waals surface area contributed by atoms with Gasteiger partial charge in [0.05, 0.1) is 11.2 Å². The molecule has 0 aliphatic carbocycles. The number of aromatic nitrogens is 1. The quantitative estimate of drug-likeness (QED) is 0.330. The highest BCUT2D eigenvalue weighted by Gasteiger charge is 2.20. The molecule has 0 saturated heterocycles. The van der Waals surface area contributed by atoms with E-state index in [-0.39, 0.29) is 0 Å². The molecule has 0 spiro atoms. The van der Waals surface area contributed by atoms with Crippen LogP contribution in [0.5, 0.6) is 0 Å². The van der Waals surface area contributed by atoms with Crippen molar-refractivity contribution in [3.05, 3.63) is 115 Å². The van der Waals surface area contributed by atoms with Crippen molar-refractivity contribution in [2.24, 2.45) is 0 Å². The van der Waals surface area contributed by atoms with Crippen LogP contribution in [0.4, 0.5) is 5.69 Å². The Morgan fingerprint density at radius 2 is 1.22 bits per heavy atom. The second-order valence-electron chi connectivity index (χ2n) is 7.96. The summed E-state index contributed by atoms with van der Waals surface area (Å²) >= 11 is 0. The van der Waals surface area contributed by atoms with E-state index in [1.165, 1.54) is 27.0 Å². The average molecular weight is 433 g/mol. The molecule has 0 amide bonds. The van der Waals surface area contributed by atoms with Crippen LogP contribution in [-0.2, 0) is 0 Å². The molecular weight excluding hydrogens is 407 g/mol. The third-order valence-electron chi connectivity index (χ3n) is 5.63. The molecule has 0 aliphatic rings. The summed E-state index contributed by atoms with van der Waals surface area (Å²) in [5, 5.41) is 5.14. The van der Waals surface area contributed by atoms with Gasteiger partial charge >= 0.3 is 0 Å². The number of hydrogen-bond acceptors (Lipinski definition) is 2. The normalized spacial score (nSPS) is 11.1. The van der Waals surface area contributed by atoms with Crippen molar-refractivity contribution in [1.29, 1.82) is 0 Å². The predicted octanol–water partition coefficient (Wildman–Crippen LogP) is 5.73. The molecule has 2 nitrogen and oxygen atoms in total. The summed E-state index contributed by atoms with van der Waals surface area (Å²) in [6.45, 7) is 0. The molecule has 0 aliphatic heterocycles. The number of anilines is 1. The van der Waals surface area contributed by atoms with Gasteiger partial charge < -0.3 is 4.90 Å². The monoisotopic (exact) mass is 432 g/mol. The smallest absolute Gasteiger partial charge is 0.0792 e. The SMILES string of the molecule is CN(C)c1ccccc1-c1ccc2cccc(P(c3ccccc3)c3ccccc3)c2n1. The summed E-state index contributed by atoms with van der Waals surface area (Å²) in [6, 6.07) is 41.0. The fraction of sp³-hybridized carbons (Fsp3) is 0.0690. The first-order chi connectivity index (χ1) is 15.7. The summed E-state index contributed by atoms with van der Waals surface area (Å²) in [6.07, 6.45) is 0. The minimum absolute atomic E-state index is 0.720. The lowest BCUT2D eigenvalue weighted by Crippen LogP contribution is -2.21. The van der Waals surface area contributed by atoms with Gasteiger partial charge in [0.15, 0.2) is 0 Å². The van der Waals surface area contributed by atoms with Crippen LogP contribution in [0.15, 0.2) is 115 Å². The van der Waals surface area contributed by atoms with Crippen LogP contribution in [-0.4, -0.2) is 19.1 Å². The Balaban J connectivity index is 1.74. The van der Waals surface area contributed by atoms with Crippen molar-refractivity contribution in [2.75, 3.05) is 19.0 Å². The van der Waals surface area contributed by atoms with Gasteiger partial charge in [-0.1, -0.05) is 103 Å². The highest BCUT2D eigenvalue weighted by atomic mass is 31.1. The lowest BCUT2D eigenvalue weighted by atomic mass is 10.1. The van der Waals surface area contributed by atoms with E-state index in [9.17, 15) is 0 Å². The van der Waals surface area contributed by atoms with Crippen LogP contribution in [0.3, 0.4) is 0 Å². The Morgan fingerprint density at radius 3 is 1.88 bits per heavy atom. The number of pyridine rings is 1. The van der Waals surface area contributed by atoms with Gasteiger partial charge in [0.25, 0.3) is 0 Å². The van der Waals surface area contributed by atoms with Gasteiger partial charge in [-0.05, 0) is 30.7 Å². The second-order valence-corrected chi connectivity index (χ2v) is 10.1. The first-order valence-electron chi connectivity index (χ1n) is 10.8. The molecule has 0 bridgehead atoms. The lowest BCUT2D eigenvalue weighted by Gasteiger charge is -2.21. The predicted molar refractivity (Wildman–Crippen MR) is 140 cm³/mol. The third kappa shape index (κ3) is 3.90. The molecule has 0 radical (unpaired) electrons. The van der Waals surface area contributed by atoms with Gasteiger partial charge in [-0.15, -0.1) is 0 Å². The van der Waals surface area contributed by atoms with E-state index in [2.05, 4.69) is 134 Å². The van der Waals surface area contributed by atoms with E-state index in [4.69, 9.17) is 4.98 Å². The maximum atomic E-state index is 5.25. The minimum Gasteiger partial charge on any atom is -0.377 e. The third-order valence-corrected chi connectivity index (χ3v) is 8.10. The number of fused-ring (bicyclic) bond motifs is 1. The van der Waals surface area contributed by atoms with Gasteiger partial charge in [0.1, 0.15) is 0 Å². The molecule has 32 heavy (non-hydrogen) atoms. The maximum Gasteiger partial charge on any atom is 0.0792 e. The van der Waals surface area contributed by atoms with E-state index < -0.39 is 7.92 Å². The van der Waals surface area contributed by atoms with Crippen LogP contribution < -0.4 is 20.8 Å². The van der Waals surface area contributed by atoms with Crippen molar-refractivity contribution in [3.8, 4) is 11.3 Å². The number of rotatable bonds is 5. The average Bonchev–Trinajstić information content (AvgIpc) is 2.85. The van der Waals surface area contributed by atoms with Gasteiger partial charge in [-0.3, -0.25) is 0 Å². The molecule has 1 aromatic heterocycles. The molecular formula is C29H25N2P. The van der Waals surface area contributed by atoms with E-state index >= 15 is 0 Å². The van der Waals surface area contributed by atoms with Gasteiger partial charge in [0, 0.05) is 36.0 Å². The Hall–Kier alpha value is -3.48. The Bertz CT molecular complexity index is 1310. The van der Waals surface area contributed by atoms with Crippen molar-refractivity contribution in [3.63, 3.8) is 0 Å². The van der Waals surface area contributed by atoms with Crippen molar-refractivity contribution in [1.82, 2.24) is 4.98 Å². The molecule has 0 N–H and O–H groups in total. The topological polar surface area (TPSA) is 16.1 Å². The molecule has 0 unspecified atom stereocenters. The standard InChI is InChI=1S/C29H25N2P/c1-31(2)27-18-10-9-17-25(27)26-21-20-22-12-11-19-28(29(22)30-26)32(23-13-5-3-6-14-23)24-15-7-4-8-16-24/h3-21H,1-2H3. The molecule has 4 aromatic carbocycles. The molecule has 5 aromatic rings. The zero-order chi connectivity index (χ0) is 21.9. The Morgan fingerprint density at radius 1 is 0.594 bits per heavy atom. The first-order valence-corrected chi connectivity index (χ1v) is 12.1. The largest absolute Gasteiger partial charge is 0.377 e. The van der Waals surface area contributed by atoms with Crippen molar-refractivity contribution < 1.29 is 0 Å². The molecule has 156 valence electrons. The van der Waals surface area contributed by atoms with Crippen molar-refractivity contribution in [2.45, 2.75) is 0 Å². The summed E-state index contributed by atoms with van der Waals surface area (Å²) in [5.41, 5.74) is 4.41. The Labute approximate surface area is 190 Å². The zero-order valence-electron chi connectivity index (χ0n) is 18.3. The Kier molecular flexibility index (Phi) is 5.71. The van der Waals surface area contributed by atoms with Crippen LogP contribution in [0, 0.1) is 0 Å². The maximum absolute atomic E-state index is 5.25. The summed E-state index contributed by atoms with van der Waals surface area (Å²) in [7, 11) is 3.44. The molecule has 1 heterocycles. The molecule has 0 atom stereocenters. The number of benzene rings is 4. The summed E-state index contributed by atoms with van der Waals surface area (Å²) in [5.74, 6) is 0. The molecule has 0 fully saturated rings. The van der Waals surface area contributed by atoms with Crippen molar-refractivity contribution >= 4 is 40.4 Å². The number of para-hydroxylation sites is 2. The molecule has 5 rings (SSSR count). The van der Waals surface area contributed by atoms with Gasteiger partial charge in [0.2, 0.25) is 0 Å². The van der Waals surface area contributed by atoms with Crippen LogP contribution in [0.2, 0.25) is 0 Å². The fourth-order valence-electron chi connectivity index (χ4n) is 4.12. The highest BCUT2D eigenvalue weighted by molar-refractivity contribution is 7.80. The number of hydrogen-bond donors (Lipinski definition) is 0.